The van der Waals surface area contributed by atoms with Gasteiger partial charge in [-0.25, -0.2) is 0 Å². The van der Waals surface area contributed by atoms with Gasteiger partial charge in [-0.05, 0) is 30.5 Å². The van der Waals surface area contributed by atoms with Gasteiger partial charge in [0.05, 0.1) is 13.2 Å². The summed E-state index contributed by atoms with van der Waals surface area (Å²) >= 11 is 3.45. The van der Waals surface area contributed by atoms with Crippen molar-refractivity contribution in [2.75, 3.05) is 7.11 Å². The summed E-state index contributed by atoms with van der Waals surface area (Å²) in [5.41, 5.74) is 0.900. The van der Waals surface area contributed by atoms with Crippen molar-refractivity contribution in [3.8, 4) is 5.75 Å². The van der Waals surface area contributed by atoms with Crippen molar-refractivity contribution < 1.29 is 9.84 Å². The summed E-state index contributed by atoms with van der Waals surface area (Å²) in [6.07, 6.45) is 6.93. The van der Waals surface area contributed by atoms with Gasteiger partial charge in [-0.2, -0.15) is 0 Å². The molecule has 0 aliphatic heterocycles. The molecule has 0 amide bonds. The lowest BCUT2D eigenvalue weighted by Crippen LogP contribution is -2.11. The molecular formula is C15H21BrO2. The number of ether oxygens (including phenoxy) is 1. The van der Waals surface area contributed by atoms with Gasteiger partial charge in [0.2, 0.25) is 0 Å². The molecule has 0 spiro atoms. The molecule has 0 aromatic heterocycles. The molecule has 2 rings (SSSR count). The second kappa shape index (κ2) is 6.58. The predicted octanol–water partition coefficient (Wildman–Crippen LogP) is 4.46. The highest BCUT2D eigenvalue weighted by atomic mass is 79.9. The van der Waals surface area contributed by atoms with E-state index in [1.54, 1.807) is 7.11 Å². The Hall–Kier alpha value is -0.540. The van der Waals surface area contributed by atoms with E-state index in [9.17, 15) is 5.11 Å². The van der Waals surface area contributed by atoms with Crippen LogP contribution in [0.5, 0.6) is 5.75 Å². The molecule has 1 unspecified atom stereocenters. The summed E-state index contributed by atoms with van der Waals surface area (Å²) in [7, 11) is 1.65. The molecule has 1 N–H and O–H groups in total. The largest absolute Gasteiger partial charge is 0.496 e. The highest BCUT2D eigenvalue weighted by molar-refractivity contribution is 9.10. The summed E-state index contributed by atoms with van der Waals surface area (Å²) < 4.78 is 6.32. The monoisotopic (exact) mass is 312 g/mol. The van der Waals surface area contributed by atoms with E-state index in [1.807, 2.05) is 18.2 Å². The van der Waals surface area contributed by atoms with E-state index in [2.05, 4.69) is 15.9 Å². The maximum absolute atomic E-state index is 10.4. The van der Waals surface area contributed by atoms with Crippen LogP contribution < -0.4 is 4.74 Å². The third-order valence-electron chi connectivity index (χ3n) is 3.83. The number of hydrogen-bond donors (Lipinski definition) is 1. The minimum absolute atomic E-state index is 0.416. The molecule has 0 bridgehead atoms. The topological polar surface area (TPSA) is 29.5 Å². The Bertz CT molecular complexity index is 386. The SMILES string of the molecule is COc1ccc(Br)cc1C(O)CC1CCCCC1. The second-order valence-electron chi connectivity index (χ2n) is 5.14. The van der Waals surface area contributed by atoms with Crippen LogP contribution in [0.1, 0.15) is 50.2 Å². The van der Waals surface area contributed by atoms with Crippen molar-refractivity contribution in [3.63, 3.8) is 0 Å². The van der Waals surface area contributed by atoms with E-state index in [-0.39, 0.29) is 0 Å². The van der Waals surface area contributed by atoms with Crippen LogP contribution in [0, 0.1) is 5.92 Å². The first-order valence-corrected chi connectivity index (χ1v) is 7.51. The predicted molar refractivity (Wildman–Crippen MR) is 76.8 cm³/mol. The van der Waals surface area contributed by atoms with E-state index in [1.165, 1.54) is 32.1 Å². The van der Waals surface area contributed by atoms with E-state index >= 15 is 0 Å². The fraction of sp³-hybridized carbons (Fsp3) is 0.600. The minimum atomic E-state index is -0.416. The molecule has 100 valence electrons. The number of rotatable bonds is 4. The summed E-state index contributed by atoms with van der Waals surface area (Å²) in [6, 6.07) is 5.81. The van der Waals surface area contributed by atoms with Gasteiger partial charge in [-0.3, -0.25) is 0 Å². The molecular weight excluding hydrogens is 292 g/mol. The van der Waals surface area contributed by atoms with E-state index < -0.39 is 6.10 Å². The highest BCUT2D eigenvalue weighted by Gasteiger charge is 2.20. The first-order valence-electron chi connectivity index (χ1n) is 6.72. The van der Waals surface area contributed by atoms with E-state index in [0.29, 0.717) is 5.92 Å². The highest BCUT2D eigenvalue weighted by Crippen LogP contribution is 2.36. The fourth-order valence-electron chi connectivity index (χ4n) is 2.83. The van der Waals surface area contributed by atoms with Crippen LogP contribution in [0.15, 0.2) is 22.7 Å². The van der Waals surface area contributed by atoms with Gasteiger partial charge in [0.1, 0.15) is 5.75 Å². The number of aliphatic hydroxyl groups excluding tert-OH is 1. The number of aliphatic hydroxyl groups is 1. The molecule has 3 heteroatoms. The zero-order chi connectivity index (χ0) is 13.0. The molecule has 1 atom stereocenters. The smallest absolute Gasteiger partial charge is 0.124 e. The van der Waals surface area contributed by atoms with Crippen LogP contribution in [-0.2, 0) is 0 Å². The van der Waals surface area contributed by atoms with Crippen molar-refractivity contribution in [1.82, 2.24) is 0 Å². The molecule has 0 saturated heterocycles. The average molecular weight is 313 g/mol. The van der Waals surface area contributed by atoms with Gasteiger partial charge in [0, 0.05) is 10.0 Å². The van der Waals surface area contributed by atoms with Crippen molar-refractivity contribution in [3.05, 3.63) is 28.2 Å². The first kappa shape index (κ1) is 13.9. The van der Waals surface area contributed by atoms with Crippen LogP contribution in [0.4, 0.5) is 0 Å². The first-order chi connectivity index (χ1) is 8.70. The molecule has 2 nitrogen and oxygen atoms in total. The number of halogens is 1. The number of benzene rings is 1. The maximum Gasteiger partial charge on any atom is 0.124 e. The second-order valence-corrected chi connectivity index (χ2v) is 6.06. The molecule has 1 fully saturated rings. The normalized spacial score (nSPS) is 18.6. The molecule has 0 radical (unpaired) electrons. The van der Waals surface area contributed by atoms with Gasteiger partial charge in [-0.15, -0.1) is 0 Å². The molecule has 1 aromatic carbocycles. The lowest BCUT2D eigenvalue weighted by Gasteiger charge is -2.25. The summed E-state index contributed by atoms with van der Waals surface area (Å²) in [5, 5.41) is 10.4. The minimum Gasteiger partial charge on any atom is -0.496 e. The molecule has 18 heavy (non-hydrogen) atoms. The van der Waals surface area contributed by atoms with E-state index in [0.717, 1.165) is 22.2 Å². The zero-order valence-corrected chi connectivity index (χ0v) is 12.4. The standard InChI is InChI=1S/C15H21BrO2/c1-18-15-8-7-12(16)10-13(15)14(17)9-11-5-3-2-4-6-11/h7-8,10-11,14,17H,2-6,9H2,1H3. The Kier molecular flexibility index (Phi) is 5.07. The van der Waals surface area contributed by atoms with Gasteiger partial charge < -0.3 is 9.84 Å². The quantitative estimate of drug-likeness (QED) is 0.889. The van der Waals surface area contributed by atoms with Crippen LogP contribution in [-0.4, -0.2) is 12.2 Å². The Morgan fingerprint density at radius 1 is 1.33 bits per heavy atom. The van der Waals surface area contributed by atoms with Crippen molar-refractivity contribution in [1.29, 1.82) is 0 Å². The fourth-order valence-corrected chi connectivity index (χ4v) is 3.21. The Morgan fingerprint density at radius 3 is 2.72 bits per heavy atom. The summed E-state index contributed by atoms with van der Waals surface area (Å²) in [6.45, 7) is 0. The summed E-state index contributed by atoms with van der Waals surface area (Å²) in [5.74, 6) is 1.44. The molecule has 1 aliphatic carbocycles. The zero-order valence-electron chi connectivity index (χ0n) is 10.9. The lowest BCUT2D eigenvalue weighted by molar-refractivity contribution is 0.128. The van der Waals surface area contributed by atoms with Gasteiger partial charge in [-0.1, -0.05) is 48.0 Å². The van der Waals surface area contributed by atoms with Crippen LogP contribution in [0.25, 0.3) is 0 Å². The van der Waals surface area contributed by atoms with Gasteiger partial charge in [0.15, 0.2) is 0 Å². The molecule has 1 saturated carbocycles. The van der Waals surface area contributed by atoms with Crippen LogP contribution in [0.2, 0.25) is 0 Å². The average Bonchev–Trinajstić information content (AvgIpc) is 2.40. The van der Waals surface area contributed by atoms with Crippen LogP contribution >= 0.6 is 15.9 Å². The number of methoxy groups -OCH3 is 1. The van der Waals surface area contributed by atoms with Gasteiger partial charge in [0.25, 0.3) is 0 Å². The van der Waals surface area contributed by atoms with Crippen molar-refractivity contribution in [2.45, 2.75) is 44.6 Å². The molecule has 0 heterocycles. The van der Waals surface area contributed by atoms with Crippen molar-refractivity contribution in [2.24, 2.45) is 5.92 Å². The Morgan fingerprint density at radius 2 is 2.06 bits per heavy atom. The third kappa shape index (κ3) is 3.48. The van der Waals surface area contributed by atoms with Crippen molar-refractivity contribution >= 4 is 15.9 Å². The molecule has 1 aliphatic rings. The lowest BCUT2D eigenvalue weighted by atomic mass is 9.84. The van der Waals surface area contributed by atoms with Crippen LogP contribution in [0.3, 0.4) is 0 Å². The summed E-state index contributed by atoms with van der Waals surface area (Å²) in [4.78, 5) is 0. The molecule has 1 aromatic rings. The number of hydrogen-bond acceptors (Lipinski definition) is 2. The maximum atomic E-state index is 10.4. The third-order valence-corrected chi connectivity index (χ3v) is 4.33. The van der Waals surface area contributed by atoms with E-state index in [4.69, 9.17) is 4.74 Å². The Balaban J connectivity index is 2.07. The van der Waals surface area contributed by atoms with Gasteiger partial charge >= 0.3 is 0 Å². The Labute approximate surface area is 117 Å².